The molecule has 0 radical (unpaired) electrons. The Labute approximate surface area is 133 Å². The molecule has 1 aromatic carbocycles. The lowest BCUT2D eigenvalue weighted by Crippen LogP contribution is -2.28. The van der Waals surface area contributed by atoms with Crippen molar-refractivity contribution >= 4 is 21.6 Å². The third kappa shape index (κ3) is 3.06. The number of hydrogen-bond acceptors (Lipinski definition) is 5. The number of aromatic nitrogens is 2. The molecule has 0 fully saturated rings. The summed E-state index contributed by atoms with van der Waals surface area (Å²) >= 11 is 0. The van der Waals surface area contributed by atoms with Gasteiger partial charge >= 0.3 is 0 Å². The lowest BCUT2D eigenvalue weighted by molar-refractivity contribution is -0.118. The van der Waals surface area contributed by atoms with Crippen molar-refractivity contribution < 1.29 is 17.9 Å². The zero-order chi connectivity index (χ0) is 16.6. The lowest BCUT2D eigenvalue weighted by atomic mass is 10.2. The Balaban J connectivity index is 1.87. The van der Waals surface area contributed by atoms with E-state index in [4.69, 9.17) is 4.74 Å². The summed E-state index contributed by atoms with van der Waals surface area (Å²) in [6, 6.07) is 4.41. The second kappa shape index (κ2) is 5.67. The molecular formula is C14H16N4O4S. The molecule has 3 rings (SSSR count). The van der Waals surface area contributed by atoms with Gasteiger partial charge < -0.3 is 10.1 Å². The van der Waals surface area contributed by atoms with Crippen LogP contribution in [-0.4, -0.2) is 42.1 Å². The third-order valence-electron chi connectivity index (χ3n) is 3.46. The van der Waals surface area contributed by atoms with Crippen LogP contribution in [0, 0.1) is 0 Å². The summed E-state index contributed by atoms with van der Waals surface area (Å²) in [7, 11) is -0.425. The minimum atomic E-state index is -3.69. The fraction of sp³-hybridized carbons (Fsp3) is 0.286. The van der Waals surface area contributed by atoms with Gasteiger partial charge in [0.1, 0.15) is 5.75 Å². The van der Waals surface area contributed by atoms with Gasteiger partial charge in [0.15, 0.2) is 6.61 Å². The van der Waals surface area contributed by atoms with Crippen LogP contribution in [0.15, 0.2) is 35.5 Å². The molecule has 0 saturated heterocycles. The maximum absolute atomic E-state index is 12.7. The molecular weight excluding hydrogens is 320 g/mol. The topological polar surface area (TPSA) is 93.5 Å². The summed E-state index contributed by atoms with van der Waals surface area (Å²) < 4.78 is 33.4. The summed E-state index contributed by atoms with van der Waals surface area (Å²) in [5, 5.41) is 6.63. The van der Waals surface area contributed by atoms with Gasteiger partial charge in [-0.15, -0.1) is 0 Å². The number of sulfonamides is 1. The Bertz CT molecular complexity index is 859. The molecule has 1 aliphatic rings. The summed E-state index contributed by atoms with van der Waals surface area (Å²) in [6.45, 7) is 0.135. The van der Waals surface area contributed by atoms with Crippen molar-refractivity contribution in [1.29, 1.82) is 0 Å². The largest absolute Gasteiger partial charge is 0.482 e. The van der Waals surface area contributed by atoms with Crippen molar-refractivity contribution in [2.75, 3.05) is 19.0 Å². The van der Waals surface area contributed by atoms with E-state index in [2.05, 4.69) is 10.4 Å². The van der Waals surface area contributed by atoms with Gasteiger partial charge in [-0.25, -0.2) is 8.42 Å². The summed E-state index contributed by atoms with van der Waals surface area (Å²) in [5.74, 6) is 0.147. The molecule has 0 saturated carbocycles. The average Bonchev–Trinajstić information content (AvgIpc) is 2.91. The molecule has 0 spiro atoms. The van der Waals surface area contributed by atoms with Crippen molar-refractivity contribution in [3.8, 4) is 5.75 Å². The van der Waals surface area contributed by atoms with E-state index in [0.717, 1.165) is 5.56 Å². The minimum absolute atomic E-state index is 0.0694. The van der Waals surface area contributed by atoms with Gasteiger partial charge in [0.05, 0.1) is 16.8 Å². The Morgan fingerprint density at radius 2 is 2.22 bits per heavy atom. The molecule has 0 unspecified atom stereocenters. The number of ether oxygens (including phenoxy) is 1. The van der Waals surface area contributed by atoms with Crippen LogP contribution in [0.4, 0.5) is 5.69 Å². The Morgan fingerprint density at radius 1 is 1.43 bits per heavy atom. The highest BCUT2D eigenvalue weighted by molar-refractivity contribution is 7.89. The van der Waals surface area contributed by atoms with Crippen molar-refractivity contribution in [3.05, 3.63) is 36.2 Å². The van der Waals surface area contributed by atoms with E-state index in [1.807, 2.05) is 0 Å². The minimum Gasteiger partial charge on any atom is -0.482 e. The van der Waals surface area contributed by atoms with Crippen molar-refractivity contribution in [2.45, 2.75) is 11.4 Å². The first-order valence-electron chi connectivity index (χ1n) is 6.87. The standard InChI is InChI=1S/C14H16N4O4S/c1-17-7-10(6-15-17)8-18(2)23(20,21)11-3-4-13-12(5-11)16-14(19)9-22-13/h3-7H,8-9H2,1-2H3,(H,16,19). The Morgan fingerprint density at radius 3 is 2.91 bits per heavy atom. The number of amides is 1. The predicted molar refractivity (Wildman–Crippen MR) is 82.4 cm³/mol. The maximum Gasteiger partial charge on any atom is 0.262 e. The second-order valence-corrected chi connectivity index (χ2v) is 7.32. The molecule has 1 aliphatic heterocycles. The Kier molecular flexibility index (Phi) is 3.82. The van der Waals surface area contributed by atoms with Crippen LogP contribution in [0.25, 0.3) is 0 Å². The molecule has 1 aromatic heterocycles. The molecule has 8 nitrogen and oxygen atoms in total. The molecule has 23 heavy (non-hydrogen) atoms. The fourth-order valence-corrected chi connectivity index (χ4v) is 3.48. The molecule has 1 amide bonds. The molecule has 122 valence electrons. The number of hydrogen-bond donors (Lipinski definition) is 1. The van der Waals surface area contributed by atoms with Gasteiger partial charge in [0.25, 0.3) is 5.91 Å². The lowest BCUT2D eigenvalue weighted by Gasteiger charge is -2.20. The predicted octanol–water partition coefficient (Wildman–Crippen LogP) is 0.572. The smallest absolute Gasteiger partial charge is 0.262 e. The van der Waals surface area contributed by atoms with E-state index in [1.165, 1.54) is 23.5 Å². The quantitative estimate of drug-likeness (QED) is 0.881. The van der Waals surface area contributed by atoms with Gasteiger partial charge in [0.2, 0.25) is 10.0 Å². The first-order valence-corrected chi connectivity index (χ1v) is 8.31. The molecule has 1 N–H and O–H groups in total. The first-order chi connectivity index (χ1) is 10.9. The molecule has 0 atom stereocenters. The van der Waals surface area contributed by atoms with Crippen LogP contribution < -0.4 is 10.1 Å². The van der Waals surface area contributed by atoms with E-state index < -0.39 is 10.0 Å². The third-order valence-corrected chi connectivity index (χ3v) is 5.26. The number of fused-ring (bicyclic) bond motifs is 1. The van der Waals surface area contributed by atoms with Crippen molar-refractivity contribution in [2.24, 2.45) is 7.05 Å². The van der Waals surface area contributed by atoms with Gasteiger partial charge in [-0.1, -0.05) is 0 Å². The molecule has 0 bridgehead atoms. The first kappa shape index (κ1) is 15.5. The Hall–Kier alpha value is -2.39. The van der Waals surface area contributed by atoms with Crippen molar-refractivity contribution in [3.63, 3.8) is 0 Å². The number of benzene rings is 1. The number of aryl methyl sites for hydroxylation is 1. The van der Waals surface area contributed by atoms with Crippen LogP contribution in [0.3, 0.4) is 0 Å². The monoisotopic (exact) mass is 336 g/mol. The van der Waals surface area contributed by atoms with Gasteiger partial charge in [0, 0.05) is 32.4 Å². The van der Waals surface area contributed by atoms with Gasteiger partial charge in [-0.05, 0) is 18.2 Å². The molecule has 9 heteroatoms. The summed E-state index contributed by atoms with van der Waals surface area (Å²) in [6.07, 6.45) is 3.37. The molecule has 2 heterocycles. The molecule has 0 aliphatic carbocycles. The van der Waals surface area contributed by atoms with Crippen LogP contribution in [0.5, 0.6) is 5.75 Å². The van der Waals surface area contributed by atoms with Crippen LogP contribution in [-0.2, 0) is 28.4 Å². The van der Waals surface area contributed by atoms with Crippen molar-refractivity contribution in [1.82, 2.24) is 14.1 Å². The number of carbonyl (C=O) groups excluding carboxylic acids is 1. The van der Waals surface area contributed by atoms with Gasteiger partial charge in [-0.3, -0.25) is 9.48 Å². The van der Waals surface area contributed by atoms with E-state index in [1.54, 1.807) is 30.2 Å². The second-order valence-electron chi connectivity index (χ2n) is 5.28. The fourth-order valence-electron chi connectivity index (χ4n) is 2.30. The van der Waals surface area contributed by atoms with E-state index in [0.29, 0.717) is 11.4 Å². The van der Waals surface area contributed by atoms with Crippen LogP contribution in [0.2, 0.25) is 0 Å². The summed E-state index contributed by atoms with van der Waals surface area (Å²) in [4.78, 5) is 11.5. The van der Waals surface area contributed by atoms with Crippen LogP contribution >= 0.6 is 0 Å². The highest BCUT2D eigenvalue weighted by Crippen LogP contribution is 2.31. The highest BCUT2D eigenvalue weighted by atomic mass is 32.2. The molecule has 2 aromatic rings. The normalized spacial score (nSPS) is 14.3. The van der Waals surface area contributed by atoms with Crippen LogP contribution in [0.1, 0.15) is 5.56 Å². The SMILES string of the molecule is CN(Cc1cnn(C)c1)S(=O)(=O)c1ccc2c(c1)NC(=O)CO2. The number of rotatable bonds is 4. The number of anilines is 1. The zero-order valence-electron chi connectivity index (χ0n) is 12.7. The number of carbonyl (C=O) groups is 1. The van der Waals surface area contributed by atoms with E-state index >= 15 is 0 Å². The van der Waals surface area contributed by atoms with Gasteiger partial charge in [-0.2, -0.15) is 9.40 Å². The highest BCUT2D eigenvalue weighted by Gasteiger charge is 2.24. The maximum atomic E-state index is 12.7. The number of nitrogens with zero attached hydrogens (tertiary/aromatic N) is 3. The zero-order valence-corrected chi connectivity index (χ0v) is 13.5. The number of nitrogens with one attached hydrogen (secondary N) is 1. The van der Waals surface area contributed by atoms with E-state index in [9.17, 15) is 13.2 Å². The summed E-state index contributed by atoms with van der Waals surface area (Å²) in [5.41, 5.74) is 1.14. The van der Waals surface area contributed by atoms with E-state index in [-0.39, 0.29) is 24.0 Å². The average molecular weight is 336 g/mol.